The highest BCUT2D eigenvalue weighted by molar-refractivity contribution is 5.90. The molecule has 1 heterocycles. The van der Waals surface area contributed by atoms with Crippen LogP contribution >= 0.6 is 0 Å². The normalized spacial score (nSPS) is 12.4. The van der Waals surface area contributed by atoms with Gasteiger partial charge in [0.15, 0.2) is 11.6 Å². The van der Waals surface area contributed by atoms with Crippen molar-refractivity contribution in [2.75, 3.05) is 19.8 Å². The van der Waals surface area contributed by atoms with E-state index in [4.69, 9.17) is 9.47 Å². The Labute approximate surface area is 186 Å². The Morgan fingerprint density at radius 1 is 0.969 bits per heavy atom. The zero-order chi connectivity index (χ0) is 23.4. The maximum atomic E-state index is 13.1. The molecule has 0 aliphatic rings. The smallest absolute Gasteiger partial charge is 0.427 e. The van der Waals surface area contributed by atoms with Gasteiger partial charge in [-0.1, -0.05) is 45.2 Å². The van der Waals surface area contributed by atoms with Gasteiger partial charge in [0, 0.05) is 12.2 Å². The number of esters is 1. The predicted octanol–water partition coefficient (Wildman–Crippen LogP) is 5.62. The molecule has 0 aliphatic carbocycles. The number of benzene rings is 1. The van der Waals surface area contributed by atoms with Crippen LogP contribution in [-0.4, -0.2) is 48.0 Å². The van der Waals surface area contributed by atoms with Gasteiger partial charge in [-0.2, -0.15) is 13.2 Å². The van der Waals surface area contributed by atoms with Gasteiger partial charge >= 0.3 is 12.1 Å². The van der Waals surface area contributed by atoms with E-state index >= 15 is 0 Å². The topological polar surface area (TPSA) is 70.5 Å². The molecule has 0 fully saturated rings. The standard InChI is InChI=1S/C23H29F3N2O4/c1-3-5-6-7-13-31-19-14-27-21(28-15-19)17-8-10-18(11-9-17)22(29)32-20(23(24,25)26)16-30-12-4-2/h8-11,14-15,20H,3-7,12-13,16H2,1-2H3. The fourth-order valence-corrected chi connectivity index (χ4v) is 2.74. The highest BCUT2D eigenvalue weighted by Crippen LogP contribution is 2.25. The number of unbranched alkanes of at least 4 members (excludes halogenated alkanes) is 3. The van der Waals surface area contributed by atoms with Crippen LogP contribution in [0.3, 0.4) is 0 Å². The molecule has 2 aromatic rings. The molecule has 32 heavy (non-hydrogen) atoms. The molecule has 176 valence electrons. The molecule has 1 aromatic heterocycles. The molecule has 9 heteroatoms. The van der Waals surface area contributed by atoms with Crippen molar-refractivity contribution in [1.82, 2.24) is 9.97 Å². The van der Waals surface area contributed by atoms with E-state index in [-0.39, 0.29) is 12.2 Å². The Morgan fingerprint density at radius 2 is 1.66 bits per heavy atom. The number of carbonyl (C=O) groups is 1. The van der Waals surface area contributed by atoms with Crippen molar-refractivity contribution in [2.24, 2.45) is 0 Å². The van der Waals surface area contributed by atoms with Gasteiger partial charge in [0.25, 0.3) is 0 Å². The second kappa shape index (κ2) is 13.0. The van der Waals surface area contributed by atoms with Gasteiger partial charge in [0.05, 0.1) is 31.2 Å². The van der Waals surface area contributed by atoms with Crippen LogP contribution in [0.25, 0.3) is 11.4 Å². The number of ether oxygens (including phenoxy) is 3. The summed E-state index contributed by atoms with van der Waals surface area (Å²) in [6, 6.07) is 5.85. The van der Waals surface area contributed by atoms with E-state index in [1.54, 1.807) is 31.5 Å². The van der Waals surface area contributed by atoms with Crippen molar-refractivity contribution >= 4 is 5.97 Å². The summed E-state index contributed by atoms with van der Waals surface area (Å²) >= 11 is 0. The average Bonchev–Trinajstić information content (AvgIpc) is 2.78. The van der Waals surface area contributed by atoms with E-state index in [1.165, 1.54) is 18.6 Å². The number of aromatic nitrogens is 2. The van der Waals surface area contributed by atoms with Crippen molar-refractivity contribution in [3.05, 3.63) is 42.2 Å². The third-order valence-corrected chi connectivity index (χ3v) is 4.51. The predicted molar refractivity (Wildman–Crippen MR) is 113 cm³/mol. The second-order valence-corrected chi connectivity index (χ2v) is 7.24. The van der Waals surface area contributed by atoms with Crippen molar-refractivity contribution < 1.29 is 32.2 Å². The van der Waals surface area contributed by atoms with Crippen molar-refractivity contribution in [1.29, 1.82) is 0 Å². The largest absolute Gasteiger partial charge is 0.490 e. The first kappa shape index (κ1) is 25.6. The van der Waals surface area contributed by atoms with Gasteiger partial charge in [0.2, 0.25) is 6.10 Å². The van der Waals surface area contributed by atoms with Gasteiger partial charge in [-0.15, -0.1) is 0 Å². The summed E-state index contributed by atoms with van der Waals surface area (Å²) in [5.41, 5.74) is 0.597. The monoisotopic (exact) mass is 454 g/mol. The highest BCUT2D eigenvalue weighted by Gasteiger charge is 2.43. The molecule has 1 atom stereocenters. The van der Waals surface area contributed by atoms with E-state index < -0.39 is 24.9 Å². The van der Waals surface area contributed by atoms with Crippen molar-refractivity contribution in [3.63, 3.8) is 0 Å². The Balaban J connectivity index is 1.94. The Morgan fingerprint density at radius 3 is 2.25 bits per heavy atom. The molecule has 0 amide bonds. The molecular formula is C23H29F3N2O4. The number of rotatable bonds is 13. The lowest BCUT2D eigenvalue weighted by Gasteiger charge is -2.20. The Bertz CT molecular complexity index is 811. The SMILES string of the molecule is CCCCCCOc1cnc(-c2ccc(C(=O)OC(COCCC)C(F)(F)F)cc2)nc1. The molecule has 1 aromatic carbocycles. The molecule has 6 nitrogen and oxygen atoms in total. The number of nitrogens with zero attached hydrogens (tertiary/aromatic N) is 2. The summed E-state index contributed by atoms with van der Waals surface area (Å²) in [6.07, 6.45) is 1.07. The summed E-state index contributed by atoms with van der Waals surface area (Å²) in [7, 11) is 0. The minimum absolute atomic E-state index is 0.00877. The van der Waals surface area contributed by atoms with E-state index in [0.717, 1.165) is 19.3 Å². The van der Waals surface area contributed by atoms with Crippen LogP contribution in [0.15, 0.2) is 36.7 Å². The first-order valence-electron chi connectivity index (χ1n) is 10.8. The maximum absolute atomic E-state index is 13.1. The van der Waals surface area contributed by atoms with Crippen LogP contribution < -0.4 is 4.74 Å². The summed E-state index contributed by atoms with van der Waals surface area (Å²) < 4.78 is 54.4. The van der Waals surface area contributed by atoms with Gasteiger partial charge in [0.1, 0.15) is 0 Å². The fraction of sp³-hybridized carbons (Fsp3) is 0.522. The number of carbonyl (C=O) groups excluding carboxylic acids is 1. The Hall–Kier alpha value is -2.68. The lowest BCUT2D eigenvalue weighted by Crippen LogP contribution is -2.38. The molecule has 0 radical (unpaired) electrons. The molecule has 0 aliphatic heterocycles. The van der Waals surface area contributed by atoms with E-state index in [2.05, 4.69) is 21.6 Å². The van der Waals surface area contributed by atoms with E-state index in [0.29, 0.717) is 30.2 Å². The van der Waals surface area contributed by atoms with Crippen LogP contribution in [0.4, 0.5) is 13.2 Å². The molecule has 0 bridgehead atoms. The Kier molecular flexibility index (Phi) is 10.4. The summed E-state index contributed by atoms with van der Waals surface area (Å²) in [4.78, 5) is 20.7. The summed E-state index contributed by atoms with van der Waals surface area (Å²) in [5.74, 6) is -0.106. The number of halogens is 3. The third kappa shape index (κ3) is 8.45. The number of alkyl halides is 3. The lowest BCUT2D eigenvalue weighted by molar-refractivity contribution is -0.217. The number of hydrogen-bond donors (Lipinski definition) is 0. The molecule has 0 spiro atoms. The summed E-state index contributed by atoms with van der Waals surface area (Å²) in [6.45, 7) is 3.94. The summed E-state index contributed by atoms with van der Waals surface area (Å²) in [5, 5.41) is 0. The first-order valence-corrected chi connectivity index (χ1v) is 10.8. The lowest BCUT2D eigenvalue weighted by atomic mass is 10.1. The quantitative estimate of drug-likeness (QED) is 0.289. The molecule has 0 saturated carbocycles. The molecular weight excluding hydrogens is 425 g/mol. The molecule has 0 N–H and O–H groups in total. The fourth-order valence-electron chi connectivity index (χ4n) is 2.74. The minimum Gasteiger partial charge on any atom is -0.490 e. The van der Waals surface area contributed by atoms with Crippen molar-refractivity contribution in [3.8, 4) is 17.1 Å². The zero-order valence-electron chi connectivity index (χ0n) is 18.4. The van der Waals surface area contributed by atoms with Crippen LogP contribution in [0.5, 0.6) is 5.75 Å². The first-order chi connectivity index (χ1) is 15.3. The third-order valence-electron chi connectivity index (χ3n) is 4.51. The average molecular weight is 454 g/mol. The zero-order valence-corrected chi connectivity index (χ0v) is 18.4. The van der Waals surface area contributed by atoms with Crippen LogP contribution in [0.1, 0.15) is 56.3 Å². The van der Waals surface area contributed by atoms with Gasteiger partial charge in [-0.3, -0.25) is 0 Å². The molecule has 0 saturated heterocycles. The van der Waals surface area contributed by atoms with Gasteiger partial charge < -0.3 is 14.2 Å². The van der Waals surface area contributed by atoms with Gasteiger partial charge in [-0.05, 0) is 25.0 Å². The highest BCUT2D eigenvalue weighted by atomic mass is 19.4. The molecule has 1 unspecified atom stereocenters. The van der Waals surface area contributed by atoms with Gasteiger partial charge in [-0.25, -0.2) is 14.8 Å². The maximum Gasteiger partial charge on any atom is 0.427 e. The van der Waals surface area contributed by atoms with E-state index in [1.807, 2.05) is 0 Å². The minimum atomic E-state index is -4.71. The molecule has 2 rings (SSSR count). The van der Waals surface area contributed by atoms with Crippen LogP contribution in [-0.2, 0) is 9.47 Å². The van der Waals surface area contributed by atoms with Crippen LogP contribution in [0, 0.1) is 0 Å². The second-order valence-electron chi connectivity index (χ2n) is 7.24. The van der Waals surface area contributed by atoms with Crippen LogP contribution in [0.2, 0.25) is 0 Å². The van der Waals surface area contributed by atoms with Crippen molar-refractivity contribution in [2.45, 2.75) is 58.2 Å². The van der Waals surface area contributed by atoms with E-state index in [9.17, 15) is 18.0 Å². The number of hydrogen-bond acceptors (Lipinski definition) is 6.